The van der Waals surface area contributed by atoms with Gasteiger partial charge in [0.15, 0.2) is 0 Å². The standard InChI is InChI=1S/C13H13NO2/c1-9(2)12-7-10-5-3-4-6-11(10)8-13(12)14(15)16/h3-9H,1-2H3. The maximum absolute atomic E-state index is 11.0. The third-order valence-electron chi connectivity index (χ3n) is 2.71. The summed E-state index contributed by atoms with van der Waals surface area (Å²) >= 11 is 0. The van der Waals surface area contributed by atoms with E-state index in [1.807, 2.05) is 44.2 Å². The zero-order valence-electron chi connectivity index (χ0n) is 9.31. The van der Waals surface area contributed by atoms with Crippen molar-refractivity contribution >= 4 is 16.5 Å². The Kier molecular flexibility index (Phi) is 2.60. The molecular formula is C13H13NO2. The van der Waals surface area contributed by atoms with Crippen LogP contribution in [-0.4, -0.2) is 4.92 Å². The second-order valence-electron chi connectivity index (χ2n) is 4.17. The Morgan fingerprint density at radius 3 is 2.19 bits per heavy atom. The fourth-order valence-electron chi connectivity index (χ4n) is 1.87. The van der Waals surface area contributed by atoms with E-state index in [0.717, 1.165) is 16.3 Å². The van der Waals surface area contributed by atoms with Crippen LogP contribution in [0.15, 0.2) is 36.4 Å². The van der Waals surface area contributed by atoms with E-state index in [4.69, 9.17) is 0 Å². The molecule has 0 heterocycles. The Bertz CT molecular complexity index is 547. The number of hydrogen-bond donors (Lipinski definition) is 0. The SMILES string of the molecule is CC(C)c1cc2ccccc2cc1[N+](=O)[O-]. The van der Waals surface area contributed by atoms with E-state index in [0.29, 0.717) is 0 Å². The molecular weight excluding hydrogens is 202 g/mol. The van der Waals surface area contributed by atoms with E-state index < -0.39 is 0 Å². The molecule has 2 aromatic carbocycles. The van der Waals surface area contributed by atoms with E-state index in [1.165, 1.54) is 0 Å². The average Bonchev–Trinajstić information content (AvgIpc) is 2.27. The molecule has 0 saturated heterocycles. The van der Waals surface area contributed by atoms with E-state index >= 15 is 0 Å². The monoisotopic (exact) mass is 215 g/mol. The molecule has 0 aliphatic heterocycles. The Morgan fingerprint density at radius 1 is 1.12 bits per heavy atom. The molecule has 0 saturated carbocycles. The van der Waals surface area contributed by atoms with Crippen LogP contribution >= 0.6 is 0 Å². The predicted molar refractivity (Wildman–Crippen MR) is 64.7 cm³/mol. The lowest BCUT2D eigenvalue weighted by Crippen LogP contribution is -1.97. The molecule has 0 aliphatic rings. The quantitative estimate of drug-likeness (QED) is 0.563. The van der Waals surface area contributed by atoms with Crippen LogP contribution in [0, 0.1) is 10.1 Å². The van der Waals surface area contributed by atoms with E-state index in [2.05, 4.69) is 0 Å². The zero-order chi connectivity index (χ0) is 11.7. The van der Waals surface area contributed by atoms with Crippen LogP contribution in [0.2, 0.25) is 0 Å². The first-order chi connectivity index (χ1) is 7.59. The van der Waals surface area contributed by atoms with Gasteiger partial charge in [-0.3, -0.25) is 10.1 Å². The molecule has 0 fully saturated rings. The molecule has 0 N–H and O–H groups in total. The summed E-state index contributed by atoms with van der Waals surface area (Å²) < 4.78 is 0. The van der Waals surface area contributed by atoms with Gasteiger partial charge in [0, 0.05) is 11.6 Å². The van der Waals surface area contributed by atoms with Crippen LogP contribution in [0.3, 0.4) is 0 Å². The minimum atomic E-state index is -0.304. The zero-order valence-corrected chi connectivity index (χ0v) is 9.31. The van der Waals surface area contributed by atoms with Crippen molar-refractivity contribution in [2.24, 2.45) is 0 Å². The van der Waals surface area contributed by atoms with Crippen molar-refractivity contribution in [2.45, 2.75) is 19.8 Å². The first kappa shape index (κ1) is 10.6. The molecule has 0 aromatic heterocycles. The van der Waals surface area contributed by atoms with Crippen LogP contribution in [0.4, 0.5) is 5.69 Å². The Balaban J connectivity index is 2.76. The molecule has 3 heteroatoms. The summed E-state index contributed by atoms with van der Waals surface area (Å²) in [6, 6.07) is 11.3. The lowest BCUT2D eigenvalue weighted by molar-refractivity contribution is -0.385. The number of benzene rings is 2. The molecule has 3 nitrogen and oxygen atoms in total. The molecule has 0 spiro atoms. The lowest BCUT2D eigenvalue weighted by Gasteiger charge is -2.08. The number of nitrogens with zero attached hydrogens (tertiary/aromatic N) is 1. The van der Waals surface area contributed by atoms with Crippen molar-refractivity contribution in [3.8, 4) is 0 Å². The molecule has 0 unspecified atom stereocenters. The summed E-state index contributed by atoms with van der Waals surface area (Å²) in [4.78, 5) is 10.7. The molecule has 2 aromatic rings. The Morgan fingerprint density at radius 2 is 1.69 bits per heavy atom. The van der Waals surface area contributed by atoms with E-state index in [-0.39, 0.29) is 16.5 Å². The van der Waals surface area contributed by atoms with Crippen molar-refractivity contribution in [1.29, 1.82) is 0 Å². The van der Waals surface area contributed by atoms with Gasteiger partial charge in [-0.25, -0.2) is 0 Å². The molecule has 0 atom stereocenters. The normalized spacial score (nSPS) is 10.9. The molecule has 0 aliphatic carbocycles. The highest BCUT2D eigenvalue weighted by atomic mass is 16.6. The van der Waals surface area contributed by atoms with Gasteiger partial charge in [-0.15, -0.1) is 0 Å². The molecule has 0 amide bonds. The van der Waals surface area contributed by atoms with Gasteiger partial charge in [0.25, 0.3) is 5.69 Å². The second kappa shape index (κ2) is 3.93. The van der Waals surface area contributed by atoms with Gasteiger partial charge < -0.3 is 0 Å². The lowest BCUT2D eigenvalue weighted by atomic mass is 9.97. The van der Waals surface area contributed by atoms with E-state index in [1.54, 1.807) is 6.07 Å². The number of hydrogen-bond acceptors (Lipinski definition) is 2. The summed E-state index contributed by atoms with van der Waals surface area (Å²) in [5.41, 5.74) is 1.01. The number of nitro groups is 1. The summed E-state index contributed by atoms with van der Waals surface area (Å²) in [6.45, 7) is 3.94. The van der Waals surface area contributed by atoms with Crippen LogP contribution in [0.1, 0.15) is 25.3 Å². The Hall–Kier alpha value is -1.90. The maximum atomic E-state index is 11.0. The molecule has 2 rings (SSSR count). The number of nitro benzene ring substituents is 1. The first-order valence-corrected chi connectivity index (χ1v) is 5.26. The van der Waals surface area contributed by atoms with Gasteiger partial charge in [-0.2, -0.15) is 0 Å². The van der Waals surface area contributed by atoms with Crippen molar-refractivity contribution in [2.75, 3.05) is 0 Å². The predicted octanol–water partition coefficient (Wildman–Crippen LogP) is 3.87. The van der Waals surface area contributed by atoms with Crippen LogP contribution in [0.25, 0.3) is 10.8 Å². The smallest absolute Gasteiger partial charge is 0.258 e. The molecule has 82 valence electrons. The van der Waals surface area contributed by atoms with E-state index in [9.17, 15) is 10.1 Å². The van der Waals surface area contributed by atoms with Crippen molar-refractivity contribution in [3.63, 3.8) is 0 Å². The van der Waals surface area contributed by atoms with Gasteiger partial charge in [0.05, 0.1) is 4.92 Å². The van der Waals surface area contributed by atoms with Crippen LogP contribution in [-0.2, 0) is 0 Å². The topological polar surface area (TPSA) is 43.1 Å². The third-order valence-corrected chi connectivity index (χ3v) is 2.71. The minimum Gasteiger partial charge on any atom is -0.258 e. The summed E-state index contributed by atoms with van der Waals surface area (Å²) in [6.07, 6.45) is 0. The van der Waals surface area contributed by atoms with Crippen LogP contribution < -0.4 is 0 Å². The molecule has 16 heavy (non-hydrogen) atoms. The third kappa shape index (κ3) is 1.76. The average molecular weight is 215 g/mol. The molecule has 0 bridgehead atoms. The van der Waals surface area contributed by atoms with Crippen molar-refractivity contribution < 1.29 is 4.92 Å². The summed E-state index contributed by atoms with van der Waals surface area (Å²) in [5.74, 6) is 0.157. The first-order valence-electron chi connectivity index (χ1n) is 5.26. The van der Waals surface area contributed by atoms with Crippen molar-refractivity contribution in [3.05, 3.63) is 52.1 Å². The highest BCUT2D eigenvalue weighted by Gasteiger charge is 2.17. The van der Waals surface area contributed by atoms with Gasteiger partial charge in [-0.05, 0) is 22.8 Å². The Labute approximate surface area is 93.9 Å². The molecule has 0 radical (unpaired) electrons. The minimum absolute atomic E-state index is 0.157. The number of fused-ring (bicyclic) bond motifs is 1. The van der Waals surface area contributed by atoms with Crippen LogP contribution in [0.5, 0.6) is 0 Å². The van der Waals surface area contributed by atoms with Gasteiger partial charge in [0.2, 0.25) is 0 Å². The highest BCUT2D eigenvalue weighted by Crippen LogP contribution is 2.30. The maximum Gasteiger partial charge on any atom is 0.273 e. The number of rotatable bonds is 2. The summed E-state index contributed by atoms with van der Waals surface area (Å²) in [7, 11) is 0. The van der Waals surface area contributed by atoms with Gasteiger partial charge in [-0.1, -0.05) is 38.1 Å². The largest absolute Gasteiger partial charge is 0.273 e. The fourth-order valence-corrected chi connectivity index (χ4v) is 1.87. The highest BCUT2D eigenvalue weighted by molar-refractivity contribution is 5.86. The van der Waals surface area contributed by atoms with Crippen molar-refractivity contribution in [1.82, 2.24) is 0 Å². The van der Waals surface area contributed by atoms with Gasteiger partial charge >= 0.3 is 0 Å². The fraction of sp³-hybridized carbons (Fsp3) is 0.231. The summed E-state index contributed by atoms with van der Waals surface area (Å²) in [5, 5.41) is 12.9. The van der Waals surface area contributed by atoms with Gasteiger partial charge in [0.1, 0.15) is 0 Å². The second-order valence-corrected chi connectivity index (χ2v) is 4.17.